The van der Waals surface area contributed by atoms with Crippen LogP contribution in [-0.4, -0.2) is 43.0 Å². The van der Waals surface area contributed by atoms with Crippen molar-refractivity contribution in [3.05, 3.63) is 71.3 Å². The van der Waals surface area contributed by atoms with E-state index in [9.17, 15) is 4.79 Å². The van der Waals surface area contributed by atoms with E-state index in [0.29, 0.717) is 24.9 Å². The van der Waals surface area contributed by atoms with Crippen molar-refractivity contribution in [1.82, 2.24) is 10.2 Å². The van der Waals surface area contributed by atoms with E-state index in [1.165, 1.54) is 16.7 Å². The lowest BCUT2D eigenvalue weighted by molar-refractivity contribution is -0.125. The number of aryl methyl sites for hydroxylation is 1. The Morgan fingerprint density at radius 1 is 1.14 bits per heavy atom. The number of benzene rings is 2. The lowest BCUT2D eigenvalue weighted by atomic mass is 9.89. The number of hydrogen-bond donors (Lipinski definition) is 2. The molecule has 0 spiro atoms. The molecule has 3 N–H and O–H groups in total. The molecule has 1 heterocycles. The Hall–Kier alpha value is -1.88. The normalized spacial score (nSPS) is 20.4. The number of halogens is 1. The molecule has 2 aromatic carbocycles. The molecule has 4 nitrogen and oxygen atoms in total. The van der Waals surface area contributed by atoms with Crippen molar-refractivity contribution in [2.24, 2.45) is 11.7 Å². The van der Waals surface area contributed by atoms with Gasteiger partial charge >= 0.3 is 0 Å². The van der Waals surface area contributed by atoms with Crippen LogP contribution in [0.1, 0.15) is 29.5 Å². The number of nitrogens with two attached hydrogens (primary N) is 1. The van der Waals surface area contributed by atoms with Gasteiger partial charge in [0.15, 0.2) is 0 Å². The Morgan fingerprint density at radius 3 is 2.50 bits per heavy atom. The zero-order valence-corrected chi connectivity index (χ0v) is 17.6. The van der Waals surface area contributed by atoms with Gasteiger partial charge in [-0.1, -0.05) is 54.6 Å². The predicted molar refractivity (Wildman–Crippen MR) is 118 cm³/mol. The Kier molecular flexibility index (Phi) is 8.49. The molecule has 1 unspecified atom stereocenters. The van der Waals surface area contributed by atoms with Crippen molar-refractivity contribution < 1.29 is 4.79 Å². The Morgan fingerprint density at radius 2 is 1.82 bits per heavy atom. The molecule has 28 heavy (non-hydrogen) atoms. The molecule has 1 aliphatic rings. The van der Waals surface area contributed by atoms with Crippen molar-refractivity contribution in [2.75, 3.05) is 26.2 Å². The van der Waals surface area contributed by atoms with Crippen LogP contribution in [-0.2, 0) is 11.2 Å². The fourth-order valence-electron chi connectivity index (χ4n) is 4.06. The van der Waals surface area contributed by atoms with E-state index in [2.05, 4.69) is 53.5 Å². The predicted octanol–water partition coefficient (Wildman–Crippen LogP) is 3.14. The Bertz CT molecular complexity index is 753. The second kappa shape index (κ2) is 10.6. The van der Waals surface area contributed by atoms with Crippen LogP contribution in [0.2, 0.25) is 0 Å². The first-order valence-corrected chi connectivity index (χ1v) is 9.91. The molecule has 0 aliphatic carbocycles. The molecule has 1 saturated heterocycles. The van der Waals surface area contributed by atoms with Crippen LogP contribution in [0.5, 0.6) is 0 Å². The van der Waals surface area contributed by atoms with Gasteiger partial charge in [-0.15, -0.1) is 12.4 Å². The number of nitrogens with one attached hydrogen (secondary N) is 1. The topological polar surface area (TPSA) is 58.4 Å². The minimum atomic E-state index is -0.135. The second-order valence-corrected chi connectivity index (χ2v) is 7.61. The summed E-state index contributed by atoms with van der Waals surface area (Å²) in [6.07, 6.45) is 0.864. The molecule has 3 atom stereocenters. The van der Waals surface area contributed by atoms with Crippen molar-refractivity contribution in [1.29, 1.82) is 0 Å². The van der Waals surface area contributed by atoms with Crippen LogP contribution in [0.25, 0.3) is 0 Å². The minimum Gasteiger partial charge on any atom is -0.354 e. The summed E-state index contributed by atoms with van der Waals surface area (Å²) in [6.45, 7) is 7.20. The zero-order chi connectivity index (χ0) is 19.2. The van der Waals surface area contributed by atoms with Crippen molar-refractivity contribution in [3.63, 3.8) is 0 Å². The molecule has 1 amide bonds. The number of nitrogens with zero attached hydrogens (tertiary/aromatic N) is 1. The zero-order valence-electron chi connectivity index (χ0n) is 16.8. The van der Waals surface area contributed by atoms with E-state index in [-0.39, 0.29) is 24.4 Å². The second-order valence-electron chi connectivity index (χ2n) is 7.61. The summed E-state index contributed by atoms with van der Waals surface area (Å²) in [6, 6.07) is 18.7. The first kappa shape index (κ1) is 22.4. The van der Waals surface area contributed by atoms with Crippen LogP contribution in [0.15, 0.2) is 54.6 Å². The van der Waals surface area contributed by atoms with Gasteiger partial charge in [0.1, 0.15) is 0 Å². The molecular formula is C23H32ClN3O. The highest BCUT2D eigenvalue weighted by Crippen LogP contribution is 2.33. The largest absolute Gasteiger partial charge is 0.354 e. The van der Waals surface area contributed by atoms with Crippen molar-refractivity contribution in [3.8, 4) is 0 Å². The maximum atomic E-state index is 12.7. The summed E-state index contributed by atoms with van der Waals surface area (Å²) < 4.78 is 0. The maximum Gasteiger partial charge on any atom is 0.237 e. The van der Waals surface area contributed by atoms with E-state index < -0.39 is 0 Å². The number of rotatable bonds is 7. The quantitative estimate of drug-likeness (QED) is 0.749. The molecular weight excluding hydrogens is 370 g/mol. The highest BCUT2D eigenvalue weighted by Gasteiger charge is 2.36. The Labute approximate surface area is 174 Å². The van der Waals surface area contributed by atoms with Crippen molar-refractivity contribution >= 4 is 18.3 Å². The van der Waals surface area contributed by atoms with Crippen LogP contribution in [0.4, 0.5) is 0 Å². The molecule has 1 fully saturated rings. The number of likely N-dealkylation sites (tertiary alicyclic amines) is 1. The van der Waals surface area contributed by atoms with Gasteiger partial charge in [0.2, 0.25) is 5.91 Å². The van der Waals surface area contributed by atoms with E-state index in [0.717, 1.165) is 19.5 Å². The molecule has 5 heteroatoms. The summed E-state index contributed by atoms with van der Waals surface area (Å²) in [5, 5.41) is 3.11. The summed E-state index contributed by atoms with van der Waals surface area (Å²) in [4.78, 5) is 14.9. The van der Waals surface area contributed by atoms with E-state index in [1.54, 1.807) is 0 Å². The first-order valence-electron chi connectivity index (χ1n) is 9.91. The average Bonchev–Trinajstić information content (AvgIpc) is 3.14. The van der Waals surface area contributed by atoms with Gasteiger partial charge in [0.25, 0.3) is 0 Å². The average molecular weight is 402 g/mol. The number of amides is 1. The fourth-order valence-corrected chi connectivity index (χ4v) is 4.06. The van der Waals surface area contributed by atoms with Crippen LogP contribution >= 0.6 is 12.4 Å². The summed E-state index contributed by atoms with van der Waals surface area (Å²) >= 11 is 0. The molecule has 152 valence electrons. The van der Waals surface area contributed by atoms with Crippen molar-refractivity contribution in [2.45, 2.75) is 32.2 Å². The SMILES string of the molecule is Cc1ccccc1CCNC(=O)C(C)N1C[C@@H](CN)[C@H](c2ccccc2)C1.Cl. The third kappa shape index (κ3) is 5.34. The standard InChI is InChI=1S/C23H31N3O.ClH/c1-17-8-6-7-9-19(17)12-13-25-23(27)18(2)26-15-21(14-24)22(16-26)20-10-4-3-5-11-20;/h3-11,18,21-22H,12-16,24H2,1-2H3,(H,25,27);1H/t18?,21-,22+;/m1./s1. The van der Waals surface area contributed by atoms with Crippen LogP contribution < -0.4 is 11.1 Å². The molecule has 3 rings (SSSR count). The monoisotopic (exact) mass is 401 g/mol. The van der Waals surface area contributed by atoms with E-state index in [4.69, 9.17) is 5.73 Å². The van der Waals surface area contributed by atoms with E-state index in [1.807, 2.05) is 25.1 Å². The van der Waals surface area contributed by atoms with Gasteiger partial charge in [0.05, 0.1) is 6.04 Å². The number of hydrogen-bond acceptors (Lipinski definition) is 3. The van der Waals surface area contributed by atoms with Gasteiger partial charge in [-0.05, 0) is 49.4 Å². The fraction of sp³-hybridized carbons (Fsp3) is 0.435. The minimum absolute atomic E-state index is 0. The molecule has 0 radical (unpaired) electrons. The molecule has 0 aromatic heterocycles. The smallest absolute Gasteiger partial charge is 0.237 e. The highest BCUT2D eigenvalue weighted by atomic mass is 35.5. The Balaban J connectivity index is 0.00000280. The maximum absolute atomic E-state index is 12.7. The highest BCUT2D eigenvalue weighted by molar-refractivity contribution is 5.85. The van der Waals surface area contributed by atoms with Gasteiger partial charge in [-0.3, -0.25) is 9.69 Å². The lowest BCUT2D eigenvalue weighted by Crippen LogP contribution is -2.45. The summed E-state index contributed by atoms with van der Waals surface area (Å²) in [5.41, 5.74) is 9.92. The first-order chi connectivity index (χ1) is 13.1. The third-order valence-corrected chi connectivity index (χ3v) is 5.88. The molecule has 1 aliphatic heterocycles. The van der Waals surface area contributed by atoms with Gasteiger partial charge < -0.3 is 11.1 Å². The van der Waals surface area contributed by atoms with Gasteiger partial charge in [0, 0.05) is 25.6 Å². The van der Waals surface area contributed by atoms with Gasteiger partial charge in [-0.25, -0.2) is 0 Å². The van der Waals surface area contributed by atoms with E-state index >= 15 is 0 Å². The molecule has 2 aromatic rings. The van der Waals surface area contributed by atoms with Crippen LogP contribution in [0.3, 0.4) is 0 Å². The summed E-state index contributed by atoms with van der Waals surface area (Å²) in [7, 11) is 0. The van der Waals surface area contributed by atoms with Crippen LogP contribution in [0, 0.1) is 12.8 Å². The molecule has 0 saturated carbocycles. The number of carbonyl (C=O) groups excluding carboxylic acids is 1. The molecule has 0 bridgehead atoms. The lowest BCUT2D eigenvalue weighted by Gasteiger charge is -2.23. The summed E-state index contributed by atoms with van der Waals surface area (Å²) in [5.74, 6) is 0.904. The third-order valence-electron chi connectivity index (χ3n) is 5.88. The van der Waals surface area contributed by atoms with Gasteiger partial charge in [-0.2, -0.15) is 0 Å². The number of carbonyl (C=O) groups is 1.